The summed E-state index contributed by atoms with van der Waals surface area (Å²) in [4.78, 5) is 98.4. The highest BCUT2D eigenvalue weighted by Gasteiger charge is 2.42. The molecular weight excluding hydrogens is 1580 g/mol. The molecule has 3 unspecified atom stereocenters. The number of hydrogen-bond acceptors (Lipinski definition) is 21. The van der Waals surface area contributed by atoms with Gasteiger partial charge in [0.2, 0.25) is 17.7 Å². The molecule has 12 aromatic rings. The summed E-state index contributed by atoms with van der Waals surface area (Å²) in [7, 11) is 3.63. The molecule has 3 amide bonds. The van der Waals surface area contributed by atoms with Crippen molar-refractivity contribution in [3.05, 3.63) is 294 Å². The summed E-state index contributed by atoms with van der Waals surface area (Å²) >= 11 is 18.5. The molecule has 3 aliphatic rings. The van der Waals surface area contributed by atoms with Crippen molar-refractivity contribution in [1.29, 1.82) is 0 Å². The molecule has 3 atom stereocenters. The van der Waals surface area contributed by atoms with Gasteiger partial charge in [0, 0.05) is 149 Å². The van der Waals surface area contributed by atoms with Crippen LogP contribution in [0.5, 0.6) is 0 Å². The van der Waals surface area contributed by atoms with Gasteiger partial charge in [0.15, 0.2) is 29.0 Å². The quantitative estimate of drug-likeness (QED) is 0.0361. The van der Waals surface area contributed by atoms with Crippen molar-refractivity contribution in [2.45, 2.75) is 97.8 Å². The largest absolute Gasteiger partial charge is 0.508 e. The summed E-state index contributed by atoms with van der Waals surface area (Å²) in [5, 5.41) is 67.5. The molecule has 2 N–H and O–H groups in total. The number of rotatable bonds is 22. The average Bonchev–Trinajstić information content (AvgIpc) is 1.64. The number of carbonyl (C=O) groups excluding carboxylic acids is 7. The Morgan fingerprint density at radius 2 is 0.899 bits per heavy atom. The number of Topliss-reactive ketones (excluding diaryl/α,β-unsaturated/α-hetero) is 4. The van der Waals surface area contributed by atoms with Crippen molar-refractivity contribution >= 4 is 105 Å². The molecule has 34 heteroatoms. The Morgan fingerprint density at radius 3 is 1.34 bits per heavy atom. The van der Waals surface area contributed by atoms with Crippen LogP contribution in [0.3, 0.4) is 0 Å². The Kier molecular flexibility index (Phi) is 25.4. The van der Waals surface area contributed by atoms with Crippen LogP contribution in [0.25, 0.3) is 46.8 Å². The lowest BCUT2D eigenvalue weighted by Crippen LogP contribution is -2.44. The number of amides is 3. The minimum Gasteiger partial charge on any atom is -0.508 e. The zero-order chi connectivity index (χ0) is 84.6. The summed E-state index contributed by atoms with van der Waals surface area (Å²) in [5.41, 5.74) is 14.5. The molecule has 0 saturated carbocycles. The monoisotopic (exact) mass is 1660 g/mol. The highest BCUT2D eigenvalue weighted by molar-refractivity contribution is 6.31. The highest BCUT2D eigenvalue weighted by Crippen LogP contribution is 2.38. The summed E-state index contributed by atoms with van der Waals surface area (Å²) < 4.78 is 24.6. The maximum absolute atomic E-state index is 15.1. The number of aryl methyl sites for hydroxylation is 4. The maximum Gasteiger partial charge on any atom is 0.247 e. The van der Waals surface area contributed by atoms with Gasteiger partial charge in [-0.05, 0) is 169 Å². The van der Waals surface area contributed by atoms with E-state index in [2.05, 4.69) is 69.9 Å². The van der Waals surface area contributed by atoms with Crippen LogP contribution in [0.15, 0.2) is 172 Å². The van der Waals surface area contributed by atoms with Gasteiger partial charge < -0.3 is 24.9 Å². The predicted octanol–water partition coefficient (Wildman–Crippen LogP) is 11.8. The normalized spacial score (nSPS) is 14.9. The first-order valence-electron chi connectivity index (χ1n) is 37.6. The van der Waals surface area contributed by atoms with Gasteiger partial charge in [-0.3, -0.25) is 47.6 Å². The molecule has 9 heterocycles. The van der Waals surface area contributed by atoms with E-state index in [1.807, 2.05) is 39.4 Å². The number of benzene rings is 6. The zero-order valence-corrected chi connectivity index (χ0v) is 67.9. The van der Waals surface area contributed by atoms with Gasteiger partial charge in [-0.25, -0.2) is 4.39 Å². The van der Waals surface area contributed by atoms with Gasteiger partial charge in [0.05, 0.1) is 44.9 Å². The Bertz CT molecular complexity index is 5990. The molecule has 30 nitrogen and oxygen atoms in total. The van der Waals surface area contributed by atoms with E-state index >= 15 is 4.39 Å². The average molecular weight is 1660 g/mol. The number of aromatic nitrogens is 18. The number of ketones is 4. The van der Waals surface area contributed by atoms with Crippen LogP contribution < -0.4 is 0 Å². The zero-order valence-electron chi connectivity index (χ0n) is 65.6. The van der Waals surface area contributed by atoms with Crippen molar-refractivity contribution in [3.8, 4) is 17.1 Å². The molecular formula is C85H79Cl3FN21O9. The van der Waals surface area contributed by atoms with Crippen LogP contribution in [-0.4, -0.2) is 175 Å². The van der Waals surface area contributed by atoms with Gasteiger partial charge in [0.1, 0.15) is 48.6 Å². The molecule has 6 aromatic carbocycles. The maximum atomic E-state index is 15.1. The fourth-order valence-corrected chi connectivity index (χ4v) is 15.4. The van der Waals surface area contributed by atoms with E-state index in [9.17, 15) is 43.8 Å². The number of halogens is 4. The van der Waals surface area contributed by atoms with Crippen LogP contribution >= 0.6 is 34.8 Å². The minimum atomic E-state index is -0.932. The Balaban J connectivity index is 0.000000155. The molecule has 606 valence electrons. The second-order valence-corrected chi connectivity index (χ2v) is 29.7. The SMILES string of the molecule is C=C(O)c1ccc(CC(=O)C2c3nn(C)c(C)c3CCN2C(=O)/C=C/c2cc(Cl)ccc2-n2cnnn2)cc1.C=C(O)c1ccc(CC(=O)C2c3nn(CC)c(C)c3CCN2C(=O)/C=C/c2c(-n3cnnn3)ccc(Cl)c2F)cc1.CC(=O)c1ccc(CC(=O)C2c3c(c(C)nn3C)CCN2C(=O)/C=C/c2cc(Cl)ccc2-n2cnnn2)cc1. The fourth-order valence-electron chi connectivity index (χ4n) is 14.8. The van der Waals surface area contributed by atoms with E-state index in [1.54, 1.807) is 154 Å². The van der Waals surface area contributed by atoms with Crippen LogP contribution in [0.1, 0.15) is 138 Å². The van der Waals surface area contributed by atoms with Crippen molar-refractivity contribution in [2.75, 3.05) is 19.6 Å². The molecule has 0 fully saturated rings. The number of tetrazole rings is 3. The van der Waals surface area contributed by atoms with Crippen LogP contribution in [0, 0.1) is 26.6 Å². The van der Waals surface area contributed by atoms with E-state index < -0.39 is 29.8 Å². The Labute approximate surface area is 696 Å². The molecule has 0 radical (unpaired) electrons. The summed E-state index contributed by atoms with van der Waals surface area (Å²) in [6.07, 6.45) is 14.9. The first-order chi connectivity index (χ1) is 57.1. The minimum absolute atomic E-state index is 0.0235. The fraction of sp³-hybridized carbons (Fsp3) is 0.235. The lowest BCUT2D eigenvalue weighted by atomic mass is 9.91. The molecule has 3 aliphatic heterocycles. The van der Waals surface area contributed by atoms with Gasteiger partial charge in [-0.15, -0.1) is 15.3 Å². The number of aliphatic hydroxyl groups excluding tert-OH is 2. The topological polar surface area (TPSA) is 354 Å². The smallest absolute Gasteiger partial charge is 0.247 e. The third kappa shape index (κ3) is 18.3. The second kappa shape index (κ2) is 36.2. The van der Waals surface area contributed by atoms with Crippen molar-refractivity contribution in [1.82, 2.24) is 105 Å². The predicted molar refractivity (Wildman–Crippen MR) is 441 cm³/mol. The third-order valence-electron chi connectivity index (χ3n) is 21.0. The first-order valence-corrected chi connectivity index (χ1v) is 38.7. The van der Waals surface area contributed by atoms with Gasteiger partial charge in [-0.1, -0.05) is 121 Å². The molecule has 119 heavy (non-hydrogen) atoms. The lowest BCUT2D eigenvalue weighted by Gasteiger charge is -2.35. The van der Waals surface area contributed by atoms with Gasteiger partial charge >= 0.3 is 0 Å². The first kappa shape index (κ1) is 83.3. The lowest BCUT2D eigenvalue weighted by molar-refractivity contribution is -0.136. The van der Waals surface area contributed by atoms with Gasteiger partial charge in [0.25, 0.3) is 0 Å². The third-order valence-corrected chi connectivity index (χ3v) is 21.7. The van der Waals surface area contributed by atoms with Crippen LogP contribution in [-0.2, 0) is 87.9 Å². The van der Waals surface area contributed by atoms with Crippen LogP contribution in [0.2, 0.25) is 15.1 Å². The number of fused-ring (bicyclic) bond motifs is 3. The molecule has 15 rings (SSSR count). The second-order valence-electron chi connectivity index (χ2n) is 28.4. The molecule has 0 aliphatic carbocycles. The van der Waals surface area contributed by atoms with E-state index in [4.69, 9.17) is 39.9 Å². The van der Waals surface area contributed by atoms with E-state index in [0.717, 1.165) is 50.6 Å². The number of aliphatic hydroxyl groups is 2. The summed E-state index contributed by atoms with van der Waals surface area (Å²) in [6, 6.07) is 31.5. The van der Waals surface area contributed by atoms with Crippen molar-refractivity contribution in [3.63, 3.8) is 0 Å². The Morgan fingerprint density at radius 1 is 0.496 bits per heavy atom. The molecule has 0 saturated heterocycles. The van der Waals surface area contributed by atoms with Crippen molar-refractivity contribution in [2.24, 2.45) is 14.1 Å². The van der Waals surface area contributed by atoms with Gasteiger partial charge in [-0.2, -0.15) is 29.3 Å². The van der Waals surface area contributed by atoms with Crippen LogP contribution in [0.4, 0.5) is 4.39 Å². The number of carbonyl (C=O) groups is 7. The summed E-state index contributed by atoms with van der Waals surface area (Å²) in [6.45, 7) is 18.0. The van der Waals surface area contributed by atoms with E-state index in [1.165, 1.54) is 75.2 Å². The number of hydrogen-bond donors (Lipinski definition) is 2. The van der Waals surface area contributed by atoms with E-state index in [-0.39, 0.29) is 82.9 Å². The standard InChI is InChI=1S/C29H27ClFN7O3.2C28H26ClN7O3/c1-4-37-17(2)21-13-14-36(29(28(21)33-37)25(40)15-19-5-7-20(8-6-19)18(3)39)26(41)12-9-22-24(38-16-32-34-35-38)11-10-23(30)27(22)31;1-17-23-12-13-35(26(39)11-8-21-15-22(29)9-10-24(21)36-16-30-32-33-36)28(27(23)31-34(17)3)25(38)14-19-4-6-20(7-5-19)18(2)37;1-17-23-12-13-35(26(39)11-8-21-15-22(29)9-10-24(21)36-16-30-32-33-36)28(27(23)34(3)31-17)25(38)14-19-4-6-20(7-5-19)18(2)37/h5-12,16,29,39H,3-4,13-15H2,1-2H3;4-11,15-16,28,37H,2,12-14H2,1,3H3;4-11,15-16,28H,12-14H2,1-3H3/b12-9+;2*11-8+. The molecule has 0 bridgehead atoms. The molecule has 0 spiro atoms. The summed E-state index contributed by atoms with van der Waals surface area (Å²) in [5.74, 6) is -2.49. The number of nitrogens with zero attached hydrogens (tertiary/aromatic N) is 21. The van der Waals surface area contributed by atoms with Crippen molar-refractivity contribution < 1.29 is 48.2 Å². The highest BCUT2D eigenvalue weighted by atomic mass is 35.5. The Hall–Kier alpha value is -13.7. The van der Waals surface area contributed by atoms with E-state index in [0.29, 0.717) is 111 Å². The molecule has 6 aromatic heterocycles.